The lowest BCUT2D eigenvalue weighted by molar-refractivity contribution is -0.128. The van der Waals surface area contributed by atoms with Gasteiger partial charge in [-0.15, -0.1) is 0 Å². The van der Waals surface area contributed by atoms with E-state index in [-0.39, 0.29) is 11.8 Å². The van der Waals surface area contributed by atoms with Crippen molar-refractivity contribution in [1.82, 2.24) is 15.3 Å². The SMILES string of the molecule is O=C(CCCCCN1C(=O)C(=Cc2ccc(Cl)cc2)SC1=S)NN1CCOCC1. The van der Waals surface area contributed by atoms with E-state index in [4.69, 9.17) is 28.6 Å². The zero-order chi connectivity index (χ0) is 20.6. The van der Waals surface area contributed by atoms with Gasteiger partial charge in [0, 0.05) is 31.1 Å². The summed E-state index contributed by atoms with van der Waals surface area (Å²) in [5, 5.41) is 2.56. The molecular weight excluding hydrogens is 430 g/mol. The Morgan fingerprint density at radius 2 is 1.93 bits per heavy atom. The van der Waals surface area contributed by atoms with E-state index in [0.29, 0.717) is 40.4 Å². The van der Waals surface area contributed by atoms with E-state index < -0.39 is 0 Å². The Hall–Kier alpha value is -1.45. The summed E-state index contributed by atoms with van der Waals surface area (Å²) in [6.07, 6.45) is 4.78. The number of thiocarbonyl (C=S) groups is 1. The van der Waals surface area contributed by atoms with E-state index in [1.54, 1.807) is 17.0 Å². The molecule has 29 heavy (non-hydrogen) atoms. The number of carbonyl (C=O) groups is 2. The molecule has 3 rings (SSSR count). The molecule has 9 heteroatoms. The van der Waals surface area contributed by atoms with Gasteiger partial charge >= 0.3 is 0 Å². The van der Waals surface area contributed by atoms with E-state index in [9.17, 15) is 9.59 Å². The molecule has 1 aromatic carbocycles. The Labute approximate surface area is 185 Å². The first-order chi connectivity index (χ1) is 14.0. The quantitative estimate of drug-likeness (QED) is 0.369. The Morgan fingerprint density at radius 1 is 1.21 bits per heavy atom. The van der Waals surface area contributed by atoms with Crippen LogP contribution in [0.4, 0.5) is 0 Å². The average molecular weight is 454 g/mol. The lowest BCUT2D eigenvalue weighted by atomic mass is 10.2. The van der Waals surface area contributed by atoms with Gasteiger partial charge < -0.3 is 4.74 Å². The molecule has 2 aliphatic heterocycles. The molecule has 0 atom stereocenters. The number of nitrogens with one attached hydrogen (secondary N) is 1. The monoisotopic (exact) mass is 453 g/mol. The standard InChI is InChI=1S/C20H24ClN3O3S2/c21-16-7-5-15(6-8-16)14-17-19(26)24(20(28)29-17)9-3-1-2-4-18(25)22-23-10-12-27-13-11-23/h5-8,14H,1-4,9-13H2,(H,22,25). The minimum Gasteiger partial charge on any atom is -0.379 e. The minimum absolute atomic E-state index is 0.0309. The van der Waals surface area contributed by atoms with Gasteiger partial charge in [0.25, 0.3) is 5.91 Å². The number of thioether (sulfide) groups is 1. The number of hydrogen-bond acceptors (Lipinski definition) is 6. The fourth-order valence-corrected chi connectivity index (χ4v) is 4.48. The number of benzene rings is 1. The first-order valence-electron chi connectivity index (χ1n) is 9.66. The first-order valence-corrected chi connectivity index (χ1v) is 11.3. The highest BCUT2D eigenvalue weighted by molar-refractivity contribution is 8.26. The van der Waals surface area contributed by atoms with Gasteiger partial charge in [-0.05, 0) is 36.6 Å². The number of nitrogens with zero attached hydrogens (tertiary/aromatic N) is 2. The maximum absolute atomic E-state index is 12.6. The van der Waals surface area contributed by atoms with Crippen molar-refractivity contribution >= 4 is 57.8 Å². The van der Waals surface area contributed by atoms with Crippen molar-refractivity contribution in [1.29, 1.82) is 0 Å². The topological polar surface area (TPSA) is 61.9 Å². The third-order valence-corrected chi connectivity index (χ3v) is 6.25. The molecule has 2 aliphatic rings. The molecule has 0 aromatic heterocycles. The van der Waals surface area contributed by atoms with E-state index >= 15 is 0 Å². The van der Waals surface area contributed by atoms with Crippen LogP contribution in [0.5, 0.6) is 0 Å². The molecule has 2 fully saturated rings. The number of ether oxygens (including phenoxy) is 1. The van der Waals surface area contributed by atoms with Gasteiger partial charge in [-0.1, -0.05) is 54.1 Å². The predicted octanol–water partition coefficient (Wildman–Crippen LogP) is 3.47. The van der Waals surface area contributed by atoms with Gasteiger partial charge in [0.2, 0.25) is 5.91 Å². The number of morpholine rings is 1. The van der Waals surface area contributed by atoms with Crippen LogP contribution < -0.4 is 5.43 Å². The number of unbranched alkanes of at least 4 members (excludes halogenated alkanes) is 2. The number of amides is 2. The van der Waals surface area contributed by atoms with Gasteiger partial charge in [-0.3, -0.25) is 19.9 Å². The molecule has 156 valence electrons. The number of halogens is 1. The Morgan fingerprint density at radius 3 is 2.66 bits per heavy atom. The van der Waals surface area contributed by atoms with Gasteiger partial charge in [-0.25, -0.2) is 5.01 Å². The first kappa shape index (κ1) is 22.2. The molecule has 0 radical (unpaired) electrons. The summed E-state index contributed by atoms with van der Waals surface area (Å²) in [7, 11) is 0. The molecule has 2 saturated heterocycles. The van der Waals surface area contributed by atoms with Crippen LogP contribution in [0, 0.1) is 0 Å². The molecular formula is C20H24ClN3O3S2. The van der Waals surface area contributed by atoms with E-state index in [1.807, 2.05) is 23.2 Å². The summed E-state index contributed by atoms with van der Waals surface area (Å²) in [5.74, 6) is -0.0246. The summed E-state index contributed by atoms with van der Waals surface area (Å²) in [5.41, 5.74) is 3.83. The number of carbonyl (C=O) groups excluding carboxylic acids is 2. The van der Waals surface area contributed by atoms with Crippen LogP contribution in [0.1, 0.15) is 31.2 Å². The fraction of sp³-hybridized carbons (Fsp3) is 0.450. The highest BCUT2D eigenvalue weighted by Gasteiger charge is 2.31. The van der Waals surface area contributed by atoms with Gasteiger partial charge in [-0.2, -0.15) is 0 Å². The molecule has 0 spiro atoms. The average Bonchev–Trinajstić information content (AvgIpc) is 2.97. The van der Waals surface area contributed by atoms with Crippen molar-refractivity contribution in [2.24, 2.45) is 0 Å². The van der Waals surface area contributed by atoms with E-state index in [0.717, 1.165) is 37.9 Å². The zero-order valence-corrected chi connectivity index (χ0v) is 18.5. The predicted molar refractivity (Wildman–Crippen MR) is 120 cm³/mol. The highest BCUT2D eigenvalue weighted by Crippen LogP contribution is 2.32. The van der Waals surface area contributed by atoms with Crippen LogP contribution in [0.3, 0.4) is 0 Å². The normalized spacial score (nSPS) is 19.2. The second-order valence-electron chi connectivity index (χ2n) is 6.83. The number of hydrogen-bond donors (Lipinski definition) is 1. The molecule has 0 aliphatic carbocycles. The van der Waals surface area contributed by atoms with Crippen LogP contribution in [0.25, 0.3) is 6.08 Å². The van der Waals surface area contributed by atoms with Gasteiger partial charge in [0.1, 0.15) is 4.32 Å². The smallest absolute Gasteiger partial charge is 0.266 e. The Kier molecular flexibility index (Phi) is 8.50. The highest BCUT2D eigenvalue weighted by atomic mass is 35.5. The van der Waals surface area contributed by atoms with Crippen LogP contribution in [-0.4, -0.2) is 58.9 Å². The Bertz CT molecular complexity index is 780. The zero-order valence-electron chi connectivity index (χ0n) is 16.1. The summed E-state index contributed by atoms with van der Waals surface area (Å²) in [4.78, 5) is 26.9. The molecule has 0 saturated carbocycles. The Balaban J connectivity index is 1.38. The second-order valence-corrected chi connectivity index (χ2v) is 8.94. The second kappa shape index (κ2) is 11.1. The van der Waals surface area contributed by atoms with Crippen LogP contribution in [0.2, 0.25) is 5.02 Å². The third-order valence-electron chi connectivity index (χ3n) is 4.62. The van der Waals surface area contributed by atoms with Crippen molar-refractivity contribution < 1.29 is 14.3 Å². The molecule has 0 bridgehead atoms. The molecule has 2 heterocycles. The van der Waals surface area contributed by atoms with Crippen molar-refractivity contribution in [3.8, 4) is 0 Å². The summed E-state index contributed by atoms with van der Waals surface area (Å²) < 4.78 is 5.84. The fourth-order valence-electron chi connectivity index (χ4n) is 3.04. The largest absolute Gasteiger partial charge is 0.379 e. The summed E-state index contributed by atoms with van der Waals surface area (Å²) >= 11 is 12.6. The van der Waals surface area contributed by atoms with Crippen molar-refractivity contribution in [2.45, 2.75) is 25.7 Å². The van der Waals surface area contributed by atoms with Crippen molar-refractivity contribution in [3.05, 3.63) is 39.8 Å². The summed E-state index contributed by atoms with van der Waals surface area (Å²) in [6, 6.07) is 7.33. The number of hydrazine groups is 1. The minimum atomic E-state index is -0.0555. The third kappa shape index (κ3) is 6.79. The maximum atomic E-state index is 12.6. The van der Waals surface area contributed by atoms with Crippen molar-refractivity contribution in [2.75, 3.05) is 32.8 Å². The lowest BCUT2D eigenvalue weighted by Gasteiger charge is -2.26. The van der Waals surface area contributed by atoms with Crippen LogP contribution in [-0.2, 0) is 14.3 Å². The molecule has 1 N–H and O–H groups in total. The van der Waals surface area contributed by atoms with Gasteiger partial charge in [0.15, 0.2) is 0 Å². The molecule has 0 unspecified atom stereocenters. The van der Waals surface area contributed by atoms with E-state index in [2.05, 4.69) is 5.43 Å². The van der Waals surface area contributed by atoms with E-state index in [1.165, 1.54) is 11.8 Å². The van der Waals surface area contributed by atoms with Gasteiger partial charge in [0.05, 0.1) is 18.1 Å². The lowest BCUT2D eigenvalue weighted by Crippen LogP contribution is -2.48. The van der Waals surface area contributed by atoms with Crippen molar-refractivity contribution in [3.63, 3.8) is 0 Å². The molecule has 2 amide bonds. The maximum Gasteiger partial charge on any atom is 0.266 e. The molecule has 1 aromatic rings. The molecule has 6 nitrogen and oxygen atoms in total. The summed E-state index contributed by atoms with van der Waals surface area (Å²) in [6.45, 7) is 3.33. The number of rotatable bonds is 8. The van der Waals surface area contributed by atoms with Crippen LogP contribution >= 0.6 is 35.6 Å². The van der Waals surface area contributed by atoms with Crippen LogP contribution in [0.15, 0.2) is 29.2 Å².